The molecule has 4 rings (SSSR count). The molecule has 0 saturated heterocycles. The van der Waals surface area contributed by atoms with Crippen molar-refractivity contribution in [2.45, 2.75) is 26.0 Å². The van der Waals surface area contributed by atoms with Gasteiger partial charge in [0.2, 0.25) is 5.88 Å². The molecule has 0 bridgehead atoms. The number of halogens is 1. The first-order valence-corrected chi connectivity index (χ1v) is 11.6. The van der Waals surface area contributed by atoms with Gasteiger partial charge in [-0.1, -0.05) is 13.0 Å². The number of carbonyl (C=O) groups is 2. The van der Waals surface area contributed by atoms with Crippen LogP contribution in [0, 0.1) is 11.7 Å². The molecule has 1 aromatic carbocycles. The van der Waals surface area contributed by atoms with Crippen LogP contribution in [0.5, 0.6) is 5.88 Å². The molecule has 10 heteroatoms. The van der Waals surface area contributed by atoms with Crippen molar-refractivity contribution >= 4 is 11.8 Å². The Balaban J connectivity index is 1.67. The highest BCUT2D eigenvalue weighted by molar-refractivity contribution is 5.98. The number of aliphatic hydroxyl groups excluding tert-OH is 1. The van der Waals surface area contributed by atoms with Gasteiger partial charge in [-0.25, -0.2) is 19.3 Å². The molecule has 2 amide bonds. The molecule has 3 heterocycles. The number of amides is 2. The second kappa shape index (κ2) is 10.8. The van der Waals surface area contributed by atoms with Crippen molar-refractivity contribution in [3.63, 3.8) is 0 Å². The van der Waals surface area contributed by atoms with Crippen molar-refractivity contribution in [1.29, 1.82) is 0 Å². The summed E-state index contributed by atoms with van der Waals surface area (Å²) < 4.78 is 19.9. The number of hydrogen-bond donors (Lipinski definition) is 1. The van der Waals surface area contributed by atoms with Gasteiger partial charge in [0.15, 0.2) is 0 Å². The lowest BCUT2D eigenvalue weighted by atomic mass is 9.99. The first-order chi connectivity index (χ1) is 17.3. The monoisotopic (exact) mass is 493 g/mol. The molecule has 0 aliphatic carbocycles. The van der Waals surface area contributed by atoms with Crippen LogP contribution in [-0.2, 0) is 0 Å². The maximum Gasteiger partial charge on any atom is 0.259 e. The highest BCUT2D eigenvalue weighted by Gasteiger charge is 2.35. The van der Waals surface area contributed by atoms with Gasteiger partial charge in [-0.15, -0.1) is 0 Å². The molecular formula is C26H28FN5O4. The molecule has 0 spiro atoms. The number of rotatable bonds is 6. The predicted molar refractivity (Wildman–Crippen MR) is 130 cm³/mol. The van der Waals surface area contributed by atoms with Crippen molar-refractivity contribution in [1.82, 2.24) is 24.8 Å². The zero-order chi connectivity index (χ0) is 25.8. The maximum atomic E-state index is 13.7. The Morgan fingerprint density at radius 2 is 2.00 bits per heavy atom. The number of likely N-dealkylation sites (N-methyl/N-ethyl adjacent to an activating group) is 1. The number of ether oxygens (including phenoxy) is 1. The van der Waals surface area contributed by atoms with E-state index in [4.69, 9.17) is 4.74 Å². The number of carbonyl (C=O) groups excluding carboxylic acids is 2. The molecule has 3 aromatic rings. The van der Waals surface area contributed by atoms with Crippen molar-refractivity contribution in [2.24, 2.45) is 5.92 Å². The third-order valence-corrected chi connectivity index (χ3v) is 6.29. The molecule has 0 saturated carbocycles. The summed E-state index contributed by atoms with van der Waals surface area (Å²) in [5.41, 5.74) is 1.81. The van der Waals surface area contributed by atoms with E-state index < -0.39 is 18.0 Å². The van der Waals surface area contributed by atoms with Gasteiger partial charge >= 0.3 is 0 Å². The molecule has 1 aliphatic rings. The number of pyridine rings is 1. The molecule has 36 heavy (non-hydrogen) atoms. The molecule has 9 nitrogen and oxygen atoms in total. The highest BCUT2D eigenvalue weighted by Crippen LogP contribution is 2.30. The Morgan fingerprint density at radius 3 is 2.69 bits per heavy atom. The van der Waals surface area contributed by atoms with Crippen LogP contribution in [0.2, 0.25) is 0 Å². The average Bonchev–Trinajstić information content (AvgIpc) is 2.90. The largest absolute Gasteiger partial charge is 0.472 e. The number of nitrogens with zero attached hydrogens (tertiary/aromatic N) is 5. The smallest absolute Gasteiger partial charge is 0.259 e. The summed E-state index contributed by atoms with van der Waals surface area (Å²) in [6.45, 7) is 3.95. The van der Waals surface area contributed by atoms with Gasteiger partial charge < -0.3 is 19.6 Å². The molecule has 0 fully saturated rings. The lowest BCUT2D eigenvalue weighted by Gasteiger charge is -2.37. The van der Waals surface area contributed by atoms with Gasteiger partial charge in [-0.05, 0) is 31.2 Å². The summed E-state index contributed by atoms with van der Waals surface area (Å²) in [5.74, 6) is -1.22. The third-order valence-electron chi connectivity index (χ3n) is 6.29. The van der Waals surface area contributed by atoms with E-state index in [2.05, 4.69) is 15.0 Å². The molecule has 3 atom stereocenters. The Kier molecular flexibility index (Phi) is 7.54. The standard InChI is InChI=1S/C26H28FN5O4/c1-16-12-32(17(2)14-33)26(35)22-8-19(20-9-28-15-29-10-20)11-30-24(22)36-23(16)13-31(3)25(34)18-5-4-6-21(27)7-18/h4-11,15-17,23,33H,12-14H2,1-3H3/t16-,17+,23-/m0/s1. The Morgan fingerprint density at radius 1 is 1.25 bits per heavy atom. The fraction of sp³-hybridized carbons (Fsp3) is 0.346. The van der Waals surface area contributed by atoms with Gasteiger partial charge in [0.25, 0.3) is 11.8 Å². The maximum absolute atomic E-state index is 13.7. The van der Waals surface area contributed by atoms with Crippen LogP contribution >= 0.6 is 0 Å². The molecule has 0 unspecified atom stereocenters. The number of aliphatic hydroxyl groups is 1. The second-order valence-electron chi connectivity index (χ2n) is 9.02. The first-order valence-electron chi connectivity index (χ1n) is 11.6. The minimum absolute atomic E-state index is 0.138. The van der Waals surface area contributed by atoms with Crippen LogP contribution in [0.15, 0.2) is 55.2 Å². The van der Waals surface area contributed by atoms with Crippen LogP contribution < -0.4 is 4.74 Å². The van der Waals surface area contributed by atoms with Crippen LogP contribution in [0.4, 0.5) is 4.39 Å². The fourth-order valence-electron chi connectivity index (χ4n) is 4.12. The van der Waals surface area contributed by atoms with E-state index in [0.717, 1.165) is 0 Å². The number of hydrogen-bond acceptors (Lipinski definition) is 7. The van der Waals surface area contributed by atoms with Crippen LogP contribution in [0.25, 0.3) is 11.1 Å². The van der Waals surface area contributed by atoms with Gasteiger partial charge in [0, 0.05) is 54.8 Å². The van der Waals surface area contributed by atoms with E-state index >= 15 is 0 Å². The Bertz CT molecular complexity index is 1240. The predicted octanol–water partition coefficient (Wildman–Crippen LogP) is 2.67. The zero-order valence-electron chi connectivity index (χ0n) is 20.3. The number of aromatic nitrogens is 3. The van der Waals surface area contributed by atoms with Crippen molar-refractivity contribution in [3.8, 4) is 17.0 Å². The first kappa shape index (κ1) is 25.2. The Hall–Kier alpha value is -3.92. The molecular weight excluding hydrogens is 465 g/mol. The summed E-state index contributed by atoms with van der Waals surface area (Å²) in [6.07, 6.45) is 5.71. The summed E-state index contributed by atoms with van der Waals surface area (Å²) >= 11 is 0. The lowest BCUT2D eigenvalue weighted by Crippen LogP contribution is -2.50. The van der Waals surface area contributed by atoms with Crippen LogP contribution in [0.1, 0.15) is 34.6 Å². The van der Waals surface area contributed by atoms with E-state index in [9.17, 15) is 19.1 Å². The van der Waals surface area contributed by atoms with Crippen molar-refractivity contribution < 1.29 is 23.8 Å². The minimum Gasteiger partial charge on any atom is -0.472 e. The molecule has 1 N–H and O–H groups in total. The molecule has 0 radical (unpaired) electrons. The lowest BCUT2D eigenvalue weighted by molar-refractivity contribution is 0.0313. The van der Waals surface area contributed by atoms with E-state index in [1.807, 2.05) is 6.92 Å². The van der Waals surface area contributed by atoms with E-state index in [1.54, 1.807) is 49.6 Å². The Labute approximate surface area is 208 Å². The van der Waals surface area contributed by atoms with E-state index in [-0.39, 0.29) is 47.9 Å². The van der Waals surface area contributed by atoms with Crippen molar-refractivity contribution in [2.75, 3.05) is 26.7 Å². The highest BCUT2D eigenvalue weighted by atomic mass is 19.1. The second-order valence-corrected chi connectivity index (χ2v) is 9.02. The van der Waals surface area contributed by atoms with Crippen LogP contribution in [-0.4, -0.2) is 80.6 Å². The summed E-state index contributed by atoms with van der Waals surface area (Å²) in [5, 5.41) is 9.83. The minimum atomic E-state index is -0.522. The quantitative estimate of drug-likeness (QED) is 0.562. The van der Waals surface area contributed by atoms with E-state index in [1.165, 1.54) is 29.4 Å². The zero-order valence-corrected chi connectivity index (χ0v) is 20.3. The molecule has 2 aromatic heterocycles. The molecule has 1 aliphatic heterocycles. The third kappa shape index (κ3) is 5.33. The normalized spacial score (nSPS) is 18.5. The van der Waals surface area contributed by atoms with Gasteiger partial charge in [-0.3, -0.25) is 9.59 Å². The van der Waals surface area contributed by atoms with Gasteiger partial charge in [0.1, 0.15) is 23.8 Å². The fourth-order valence-corrected chi connectivity index (χ4v) is 4.12. The topological polar surface area (TPSA) is 109 Å². The van der Waals surface area contributed by atoms with Crippen molar-refractivity contribution in [3.05, 3.63) is 72.2 Å². The summed E-state index contributed by atoms with van der Waals surface area (Å²) in [7, 11) is 1.62. The van der Waals surface area contributed by atoms with E-state index in [0.29, 0.717) is 17.7 Å². The average molecular weight is 494 g/mol. The SMILES string of the molecule is C[C@H](CO)N1C[C@H](C)[C@H](CN(C)C(=O)c2cccc(F)c2)Oc2ncc(-c3cncnc3)cc2C1=O. The number of benzene rings is 1. The van der Waals surface area contributed by atoms with Crippen LogP contribution in [0.3, 0.4) is 0 Å². The summed E-state index contributed by atoms with van der Waals surface area (Å²) in [4.78, 5) is 42.0. The van der Waals surface area contributed by atoms with Gasteiger partial charge in [-0.2, -0.15) is 0 Å². The molecule has 188 valence electrons. The summed E-state index contributed by atoms with van der Waals surface area (Å²) in [6, 6.07) is 6.75. The number of fused-ring (bicyclic) bond motifs is 1. The van der Waals surface area contributed by atoms with Gasteiger partial charge in [0.05, 0.1) is 19.2 Å².